The van der Waals surface area contributed by atoms with Crippen molar-refractivity contribution < 1.29 is 14.3 Å². The minimum Gasteiger partial charge on any atom is -0.464 e. The van der Waals surface area contributed by atoms with Crippen LogP contribution in [0.25, 0.3) is 0 Å². The van der Waals surface area contributed by atoms with Gasteiger partial charge in [0, 0.05) is 0 Å². The number of benzene rings is 1. The number of esters is 1. The van der Waals surface area contributed by atoms with Gasteiger partial charge < -0.3 is 9.47 Å². The molecule has 1 aromatic rings. The van der Waals surface area contributed by atoms with E-state index in [2.05, 4.69) is 0 Å². The zero-order valence-corrected chi connectivity index (χ0v) is 9.89. The van der Waals surface area contributed by atoms with Gasteiger partial charge in [-0.1, -0.05) is 30.3 Å². The van der Waals surface area contributed by atoms with E-state index in [0.29, 0.717) is 12.5 Å². The van der Waals surface area contributed by atoms with Crippen LogP contribution in [-0.2, 0) is 19.9 Å². The van der Waals surface area contributed by atoms with E-state index in [4.69, 9.17) is 9.47 Å². The summed E-state index contributed by atoms with van der Waals surface area (Å²) < 4.78 is 10.8. The lowest BCUT2D eigenvalue weighted by Gasteiger charge is -2.11. The second-order valence-corrected chi connectivity index (χ2v) is 4.68. The minimum atomic E-state index is -0.391. The Balaban J connectivity index is 1.86. The minimum absolute atomic E-state index is 0.219. The first-order valence-corrected chi connectivity index (χ1v) is 6.19. The molecule has 1 saturated carbocycles. The van der Waals surface area contributed by atoms with E-state index in [1.54, 1.807) is 0 Å². The second kappa shape index (κ2) is 3.84. The van der Waals surface area contributed by atoms with Crippen LogP contribution in [0.4, 0.5) is 0 Å². The SMILES string of the molecule is CCOC(=O)[C@H]1O[C@]1(c1ccccc1)C1CC1. The van der Waals surface area contributed by atoms with Crippen LogP contribution in [0.15, 0.2) is 30.3 Å². The number of carbonyl (C=O) groups is 1. The Hall–Kier alpha value is -1.35. The quantitative estimate of drug-likeness (QED) is 0.590. The average molecular weight is 232 g/mol. The average Bonchev–Trinajstić information content (AvgIpc) is 3.22. The molecule has 2 aliphatic rings. The van der Waals surface area contributed by atoms with Crippen molar-refractivity contribution in [2.45, 2.75) is 31.5 Å². The van der Waals surface area contributed by atoms with Crippen molar-refractivity contribution in [3.63, 3.8) is 0 Å². The van der Waals surface area contributed by atoms with Gasteiger partial charge in [0.25, 0.3) is 0 Å². The highest BCUT2D eigenvalue weighted by Crippen LogP contribution is 2.60. The summed E-state index contributed by atoms with van der Waals surface area (Å²) in [5.74, 6) is 0.266. The third-order valence-corrected chi connectivity index (χ3v) is 3.55. The Labute approximate surface area is 101 Å². The summed E-state index contributed by atoms with van der Waals surface area (Å²) >= 11 is 0. The van der Waals surface area contributed by atoms with Crippen LogP contribution in [0.3, 0.4) is 0 Å². The van der Waals surface area contributed by atoms with Crippen molar-refractivity contribution in [2.24, 2.45) is 5.92 Å². The molecular weight excluding hydrogens is 216 g/mol. The maximum absolute atomic E-state index is 11.8. The van der Waals surface area contributed by atoms with Gasteiger partial charge in [0.2, 0.25) is 0 Å². The molecule has 90 valence electrons. The monoisotopic (exact) mass is 232 g/mol. The molecular formula is C14H16O3. The molecule has 0 spiro atoms. The largest absolute Gasteiger partial charge is 0.464 e. The summed E-state index contributed by atoms with van der Waals surface area (Å²) in [6.07, 6.45) is 1.90. The van der Waals surface area contributed by atoms with E-state index in [1.165, 1.54) is 0 Å². The zero-order chi connectivity index (χ0) is 11.9. The van der Waals surface area contributed by atoms with E-state index in [1.807, 2.05) is 37.3 Å². The lowest BCUT2D eigenvalue weighted by atomic mass is 9.90. The molecule has 0 unspecified atom stereocenters. The molecule has 2 atom stereocenters. The summed E-state index contributed by atoms with van der Waals surface area (Å²) in [5.41, 5.74) is 0.730. The molecule has 3 rings (SSSR count). The lowest BCUT2D eigenvalue weighted by Crippen LogP contribution is -2.23. The standard InChI is InChI=1S/C14H16O3/c1-2-16-13(15)12-14(17-12,11-8-9-11)10-6-4-3-5-7-10/h3-7,11-12H,2,8-9H2,1H3/t12-,14-/m1/s1. The first-order chi connectivity index (χ1) is 8.29. The van der Waals surface area contributed by atoms with E-state index in [0.717, 1.165) is 18.4 Å². The Bertz CT molecular complexity index is 424. The topological polar surface area (TPSA) is 38.8 Å². The Morgan fingerprint density at radius 1 is 1.41 bits per heavy atom. The maximum atomic E-state index is 11.8. The van der Waals surface area contributed by atoms with Gasteiger partial charge in [0.15, 0.2) is 6.10 Å². The lowest BCUT2D eigenvalue weighted by molar-refractivity contribution is -0.144. The van der Waals surface area contributed by atoms with E-state index >= 15 is 0 Å². The van der Waals surface area contributed by atoms with Crippen molar-refractivity contribution in [1.82, 2.24) is 0 Å². The van der Waals surface area contributed by atoms with Crippen molar-refractivity contribution in [2.75, 3.05) is 6.61 Å². The van der Waals surface area contributed by atoms with Gasteiger partial charge in [0.05, 0.1) is 6.61 Å². The number of epoxide rings is 1. The highest BCUT2D eigenvalue weighted by molar-refractivity contribution is 5.80. The van der Waals surface area contributed by atoms with E-state index in [9.17, 15) is 4.79 Å². The predicted octanol–water partition coefficient (Wildman–Crippen LogP) is 2.25. The molecule has 0 amide bonds. The molecule has 1 aromatic carbocycles. The molecule has 0 N–H and O–H groups in total. The summed E-state index contributed by atoms with van der Waals surface area (Å²) in [5, 5.41) is 0. The highest BCUT2D eigenvalue weighted by Gasteiger charge is 2.69. The molecule has 1 aliphatic carbocycles. The fourth-order valence-electron chi connectivity index (χ4n) is 2.58. The smallest absolute Gasteiger partial charge is 0.338 e. The molecule has 0 aromatic heterocycles. The Morgan fingerprint density at radius 3 is 2.71 bits per heavy atom. The van der Waals surface area contributed by atoms with Crippen LogP contribution in [0.2, 0.25) is 0 Å². The number of ether oxygens (including phenoxy) is 2. The van der Waals surface area contributed by atoms with Crippen molar-refractivity contribution in [3.8, 4) is 0 Å². The third kappa shape index (κ3) is 1.65. The second-order valence-electron chi connectivity index (χ2n) is 4.68. The fourth-order valence-corrected chi connectivity index (χ4v) is 2.58. The van der Waals surface area contributed by atoms with E-state index in [-0.39, 0.29) is 11.6 Å². The third-order valence-electron chi connectivity index (χ3n) is 3.55. The van der Waals surface area contributed by atoms with Crippen molar-refractivity contribution in [1.29, 1.82) is 0 Å². The van der Waals surface area contributed by atoms with Gasteiger partial charge in [-0.15, -0.1) is 0 Å². The molecule has 2 fully saturated rings. The van der Waals surface area contributed by atoms with Crippen LogP contribution < -0.4 is 0 Å². The van der Waals surface area contributed by atoms with Crippen molar-refractivity contribution >= 4 is 5.97 Å². The van der Waals surface area contributed by atoms with Crippen LogP contribution in [0.5, 0.6) is 0 Å². The Kier molecular flexibility index (Phi) is 2.44. The molecule has 1 aliphatic heterocycles. The summed E-state index contributed by atoms with van der Waals surface area (Å²) in [7, 11) is 0. The van der Waals surface area contributed by atoms with Crippen LogP contribution in [0, 0.1) is 5.92 Å². The number of rotatable bonds is 4. The van der Waals surface area contributed by atoms with Gasteiger partial charge in [-0.05, 0) is 31.2 Å². The number of hydrogen-bond donors (Lipinski definition) is 0. The normalized spacial score (nSPS) is 31.0. The van der Waals surface area contributed by atoms with Crippen LogP contribution >= 0.6 is 0 Å². The number of carbonyl (C=O) groups excluding carboxylic acids is 1. The molecule has 1 heterocycles. The first-order valence-electron chi connectivity index (χ1n) is 6.19. The van der Waals surface area contributed by atoms with Gasteiger partial charge in [-0.2, -0.15) is 0 Å². The number of hydrogen-bond acceptors (Lipinski definition) is 3. The molecule has 0 radical (unpaired) electrons. The highest BCUT2D eigenvalue weighted by atomic mass is 16.7. The van der Waals surface area contributed by atoms with Crippen LogP contribution in [0.1, 0.15) is 25.3 Å². The van der Waals surface area contributed by atoms with Gasteiger partial charge in [-0.25, -0.2) is 4.79 Å². The molecule has 17 heavy (non-hydrogen) atoms. The summed E-state index contributed by atoms with van der Waals surface area (Å²) in [6, 6.07) is 10.0. The molecule has 0 bridgehead atoms. The van der Waals surface area contributed by atoms with E-state index < -0.39 is 6.10 Å². The molecule has 3 heteroatoms. The van der Waals surface area contributed by atoms with Crippen LogP contribution in [-0.4, -0.2) is 18.7 Å². The fraction of sp³-hybridized carbons (Fsp3) is 0.500. The molecule has 1 saturated heterocycles. The summed E-state index contributed by atoms with van der Waals surface area (Å²) in [4.78, 5) is 11.8. The van der Waals surface area contributed by atoms with Gasteiger partial charge >= 0.3 is 5.97 Å². The van der Waals surface area contributed by atoms with Gasteiger partial charge in [-0.3, -0.25) is 0 Å². The van der Waals surface area contributed by atoms with Crippen molar-refractivity contribution in [3.05, 3.63) is 35.9 Å². The summed E-state index contributed by atoms with van der Waals surface area (Å²) in [6.45, 7) is 2.23. The first kappa shape index (κ1) is 10.8. The Morgan fingerprint density at radius 2 is 2.12 bits per heavy atom. The predicted molar refractivity (Wildman–Crippen MR) is 62.4 cm³/mol. The zero-order valence-electron chi connectivity index (χ0n) is 9.89. The maximum Gasteiger partial charge on any atom is 0.338 e. The van der Waals surface area contributed by atoms with Gasteiger partial charge in [0.1, 0.15) is 5.60 Å². The molecule has 3 nitrogen and oxygen atoms in total.